The van der Waals surface area contributed by atoms with Crippen LogP contribution in [0.4, 0.5) is 11.4 Å². The van der Waals surface area contributed by atoms with Crippen molar-refractivity contribution in [1.29, 1.82) is 0 Å². The molecule has 4 rings (SSSR count). The van der Waals surface area contributed by atoms with Gasteiger partial charge in [0.05, 0.1) is 21.0 Å². The number of fused-ring (bicyclic) bond motifs is 1. The van der Waals surface area contributed by atoms with Gasteiger partial charge in [-0.15, -0.1) is 0 Å². The molecule has 1 amide bonds. The first-order chi connectivity index (χ1) is 17.9. The fourth-order valence-electron chi connectivity index (χ4n) is 4.16. The Morgan fingerprint density at radius 2 is 1.63 bits per heavy atom. The van der Waals surface area contributed by atoms with Gasteiger partial charge in [0.1, 0.15) is 0 Å². The molecule has 1 heterocycles. The van der Waals surface area contributed by atoms with Crippen LogP contribution in [0.1, 0.15) is 22.8 Å². The van der Waals surface area contributed by atoms with Gasteiger partial charge in [-0.2, -0.15) is 0 Å². The van der Waals surface area contributed by atoms with E-state index in [0.29, 0.717) is 12.1 Å². The van der Waals surface area contributed by atoms with Crippen LogP contribution in [0.3, 0.4) is 0 Å². The Hall–Kier alpha value is -3.74. The molecule has 0 saturated carbocycles. The quantitative estimate of drug-likeness (QED) is 0.422. The highest BCUT2D eigenvalue weighted by atomic mass is 32.2. The minimum atomic E-state index is -3.96. The molecule has 38 heavy (non-hydrogen) atoms. The summed E-state index contributed by atoms with van der Waals surface area (Å²) in [7, 11) is -4.87. The maximum absolute atomic E-state index is 13.5. The number of carbonyl (C=O) groups excluding carboxylic acids is 2. The summed E-state index contributed by atoms with van der Waals surface area (Å²) in [5, 5.41) is 2.49. The van der Waals surface area contributed by atoms with Crippen LogP contribution in [-0.2, 0) is 36.0 Å². The molecule has 10 nitrogen and oxygen atoms in total. The molecule has 1 aliphatic heterocycles. The molecule has 1 atom stereocenters. The zero-order valence-electron chi connectivity index (χ0n) is 21.0. The standard InChI is InChI=1S/C26H27N3O7S2/c1-18-14-19-8-4-5-13-24(19)29(18)38(34,35)22-11-6-9-20(15-22)26(31)36-17-25(30)27-21-10-7-12-23(16-21)37(32,33)28(2)3/h4-13,15-16,18H,14,17H2,1-3H3,(H,27,30). The van der Waals surface area contributed by atoms with E-state index < -0.39 is 38.5 Å². The number of esters is 1. The molecule has 200 valence electrons. The lowest BCUT2D eigenvalue weighted by Crippen LogP contribution is -2.35. The van der Waals surface area contributed by atoms with Crippen LogP contribution in [0.25, 0.3) is 0 Å². The van der Waals surface area contributed by atoms with E-state index in [1.807, 2.05) is 19.1 Å². The minimum Gasteiger partial charge on any atom is -0.452 e. The summed E-state index contributed by atoms with van der Waals surface area (Å²) in [4.78, 5) is 24.9. The molecular weight excluding hydrogens is 530 g/mol. The number of amides is 1. The monoisotopic (exact) mass is 557 g/mol. The van der Waals surface area contributed by atoms with Gasteiger partial charge in [0.15, 0.2) is 6.61 Å². The van der Waals surface area contributed by atoms with Gasteiger partial charge in [-0.05, 0) is 61.4 Å². The summed E-state index contributed by atoms with van der Waals surface area (Å²) in [5.74, 6) is -1.57. The second-order valence-corrected chi connectivity index (χ2v) is 12.9. The normalized spacial score (nSPS) is 15.3. The first kappa shape index (κ1) is 27.3. The van der Waals surface area contributed by atoms with Crippen molar-refractivity contribution in [3.63, 3.8) is 0 Å². The lowest BCUT2D eigenvalue weighted by molar-refractivity contribution is -0.119. The van der Waals surface area contributed by atoms with Crippen LogP contribution in [0, 0.1) is 0 Å². The summed E-state index contributed by atoms with van der Waals surface area (Å²) < 4.78 is 59.0. The number of sulfonamides is 2. The van der Waals surface area contributed by atoms with E-state index in [2.05, 4.69) is 5.32 Å². The maximum atomic E-state index is 13.5. The third-order valence-electron chi connectivity index (χ3n) is 6.00. The van der Waals surface area contributed by atoms with Crippen molar-refractivity contribution in [1.82, 2.24) is 4.31 Å². The summed E-state index contributed by atoms with van der Waals surface area (Å²) in [6.45, 7) is 1.16. The van der Waals surface area contributed by atoms with E-state index in [1.165, 1.54) is 66.9 Å². The van der Waals surface area contributed by atoms with E-state index in [-0.39, 0.29) is 27.1 Å². The zero-order valence-corrected chi connectivity index (χ0v) is 22.6. The fraction of sp³-hybridized carbons (Fsp3) is 0.231. The van der Waals surface area contributed by atoms with Gasteiger partial charge in [0, 0.05) is 25.8 Å². The number of hydrogen-bond acceptors (Lipinski definition) is 7. The van der Waals surface area contributed by atoms with E-state index >= 15 is 0 Å². The second-order valence-electron chi connectivity index (χ2n) is 8.95. The third-order valence-corrected chi connectivity index (χ3v) is 9.74. The van der Waals surface area contributed by atoms with Crippen LogP contribution in [0.2, 0.25) is 0 Å². The van der Waals surface area contributed by atoms with Gasteiger partial charge in [-0.25, -0.2) is 25.9 Å². The Labute approximate surface area is 221 Å². The summed E-state index contributed by atoms with van der Waals surface area (Å²) >= 11 is 0. The number of benzene rings is 3. The topological polar surface area (TPSA) is 130 Å². The van der Waals surface area contributed by atoms with E-state index in [0.717, 1.165) is 9.87 Å². The van der Waals surface area contributed by atoms with Crippen molar-refractivity contribution in [3.8, 4) is 0 Å². The van der Waals surface area contributed by atoms with Crippen LogP contribution in [0.15, 0.2) is 82.6 Å². The fourth-order valence-corrected chi connectivity index (χ4v) is 6.84. The summed E-state index contributed by atoms with van der Waals surface area (Å²) in [6.07, 6.45) is 0.580. The minimum absolute atomic E-state index is 0.00902. The third kappa shape index (κ3) is 5.42. The number of ether oxygens (including phenoxy) is 1. The maximum Gasteiger partial charge on any atom is 0.338 e. The van der Waals surface area contributed by atoms with Crippen LogP contribution >= 0.6 is 0 Å². The summed E-state index contributed by atoms with van der Waals surface area (Å²) in [6, 6.07) is 18.1. The van der Waals surface area contributed by atoms with Crippen molar-refractivity contribution < 1.29 is 31.2 Å². The molecule has 0 aromatic heterocycles. The molecule has 12 heteroatoms. The smallest absolute Gasteiger partial charge is 0.338 e. The molecule has 1 unspecified atom stereocenters. The number of anilines is 2. The van der Waals surface area contributed by atoms with E-state index in [1.54, 1.807) is 12.1 Å². The van der Waals surface area contributed by atoms with Crippen molar-refractivity contribution >= 4 is 43.3 Å². The van der Waals surface area contributed by atoms with Gasteiger partial charge >= 0.3 is 5.97 Å². The second kappa shape index (κ2) is 10.6. The SMILES string of the molecule is CC1Cc2ccccc2N1S(=O)(=O)c1cccc(C(=O)OCC(=O)Nc2cccc(S(=O)(=O)N(C)C)c2)c1. The molecule has 1 aliphatic rings. The van der Waals surface area contributed by atoms with Crippen molar-refractivity contribution in [3.05, 3.63) is 83.9 Å². The average Bonchev–Trinajstić information content (AvgIpc) is 3.23. The predicted octanol–water partition coefficient (Wildman–Crippen LogP) is 2.87. The number of hydrogen-bond donors (Lipinski definition) is 1. The molecule has 3 aromatic carbocycles. The number of rotatable bonds is 8. The van der Waals surface area contributed by atoms with Crippen molar-refractivity contribution in [2.24, 2.45) is 0 Å². The average molecular weight is 558 g/mol. The highest BCUT2D eigenvalue weighted by Gasteiger charge is 2.36. The van der Waals surface area contributed by atoms with Crippen LogP contribution < -0.4 is 9.62 Å². The van der Waals surface area contributed by atoms with Gasteiger partial charge in [-0.1, -0.05) is 30.3 Å². The van der Waals surface area contributed by atoms with Crippen molar-refractivity contribution in [2.45, 2.75) is 29.2 Å². The Kier molecular flexibility index (Phi) is 7.58. The molecule has 1 N–H and O–H groups in total. The Bertz CT molecular complexity index is 1600. The van der Waals surface area contributed by atoms with Gasteiger partial charge in [0.2, 0.25) is 10.0 Å². The summed E-state index contributed by atoms with van der Waals surface area (Å²) in [5.41, 5.74) is 1.71. The lowest BCUT2D eigenvalue weighted by Gasteiger charge is -2.24. The zero-order chi connectivity index (χ0) is 27.7. The molecule has 0 radical (unpaired) electrons. The number of nitrogens with zero attached hydrogens (tertiary/aromatic N) is 2. The molecule has 0 bridgehead atoms. The van der Waals surface area contributed by atoms with Crippen molar-refractivity contribution in [2.75, 3.05) is 30.3 Å². The van der Waals surface area contributed by atoms with Gasteiger partial charge in [0.25, 0.3) is 15.9 Å². The predicted molar refractivity (Wildman–Crippen MR) is 142 cm³/mol. The molecule has 0 aliphatic carbocycles. The molecule has 0 spiro atoms. The van der Waals surface area contributed by atoms with Gasteiger partial charge in [-0.3, -0.25) is 9.10 Å². The lowest BCUT2D eigenvalue weighted by atomic mass is 10.1. The molecule has 0 saturated heterocycles. The number of nitrogens with one attached hydrogen (secondary N) is 1. The van der Waals surface area contributed by atoms with Crippen LogP contribution in [-0.4, -0.2) is 59.8 Å². The Balaban J connectivity index is 1.44. The first-order valence-electron chi connectivity index (χ1n) is 11.6. The molecular formula is C26H27N3O7S2. The Morgan fingerprint density at radius 1 is 0.947 bits per heavy atom. The van der Waals surface area contributed by atoms with E-state index in [4.69, 9.17) is 4.74 Å². The highest BCUT2D eigenvalue weighted by Crippen LogP contribution is 2.36. The Morgan fingerprint density at radius 3 is 2.37 bits per heavy atom. The van der Waals surface area contributed by atoms with E-state index in [9.17, 15) is 26.4 Å². The number of carbonyl (C=O) groups is 2. The molecule has 0 fully saturated rings. The van der Waals surface area contributed by atoms with Crippen LogP contribution in [0.5, 0.6) is 0 Å². The highest BCUT2D eigenvalue weighted by molar-refractivity contribution is 7.93. The largest absolute Gasteiger partial charge is 0.452 e. The first-order valence-corrected chi connectivity index (χ1v) is 14.5. The molecule has 3 aromatic rings. The number of para-hydroxylation sites is 1. The van der Waals surface area contributed by atoms with Gasteiger partial charge < -0.3 is 10.1 Å².